The first-order valence-electron chi connectivity index (χ1n) is 10.5. The summed E-state index contributed by atoms with van der Waals surface area (Å²) in [6.45, 7) is 14.8. The Balaban J connectivity index is 2.24. The maximum absolute atomic E-state index is 13.4. The summed E-state index contributed by atoms with van der Waals surface area (Å²) in [7, 11) is 0. The molecular weight excluding hydrogens is 376 g/mol. The van der Waals surface area contributed by atoms with Crippen molar-refractivity contribution in [3.63, 3.8) is 0 Å². The van der Waals surface area contributed by atoms with Gasteiger partial charge in [0.2, 0.25) is 11.8 Å². The van der Waals surface area contributed by atoms with Crippen molar-refractivity contribution in [1.82, 2.24) is 9.80 Å². The minimum atomic E-state index is -0.447. The molecule has 0 aliphatic heterocycles. The minimum Gasteiger partial charge on any atom is -0.464 e. The van der Waals surface area contributed by atoms with Crippen LogP contribution in [0.4, 0.5) is 0 Å². The molecule has 0 fully saturated rings. The molecule has 0 aliphatic rings. The van der Waals surface area contributed by atoms with E-state index >= 15 is 0 Å². The molecule has 0 N–H and O–H groups in total. The van der Waals surface area contributed by atoms with Crippen LogP contribution in [0.3, 0.4) is 0 Å². The zero-order chi connectivity index (χ0) is 22.5. The van der Waals surface area contributed by atoms with E-state index < -0.39 is 5.54 Å². The molecule has 0 spiro atoms. The Hall–Kier alpha value is -2.56. The van der Waals surface area contributed by atoms with Crippen molar-refractivity contribution in [3.05, 3.63) is 59.5 Å². The van der Waals surface area contributed by atoms with Gasteiger partial charge in [-0.05, 0) is 50.8 Å². The third-order valence-corrected chi connectivity index (χ3v) is 4.80. The predicted octanol–water partition coefficient (Wildman–Crippen LogP) is 5.18. The molecule has 5 nitrogen and oxygen atoms in total. The van der Waals surface area contributed by atoms with Crippen molar-refractivity contribution in [2.75, 3.05) is 6.54 Å². The van der Waals surface area contributed by atoms with Gasteiger partial charge in [-0.2, -0.15) is 0 Å². The van der Waals surface area contributed by atoms with Crippen molar-refractivity contribution in [1.29, 1.82) is 0 Å². The smallest absolute Gasteiger partial charge is 0.242 e. The predicted molar refractivity (Wildman–Crippen MR) is 120 cm³/mol. The minimum absolute atomic E-state index is 0.00291. The molecule has 2 amide bonds. The van der Waals surface area contributed by atoms with E-state index in [1.54, 1.807) is 9.80 Å². The Labute approximate surface area is 181 Å². The van der Waals surface area contributed by atoms with Crippen LogP contribution in [0.15, 0.2) is 46.9 Å². The number of rotatable bonds is 7. The molecule has 1 aromatic heterocycles. The fourth-order valence-corrected chi connectivity index (χ4v) is 3.28. The fourth-order valence-electron chi connectivity index (χ4n) is 3.28. The highest BCUT2D eigenvalue weighted by Crippen LogP contribution is 2.24. The summed E-state index contributed by atoms with van der Waals surface area (Å²) in [6, 6.07) is 13.7. The zero-order valence-corrected chi connectivity index (χ0v) is 19.5. The SMILES string of the molecule is Cc1ccc(CN(Cc2ccccc2)C(=O)CN(C(=O)CC(C)(C)C)C(C)(C)C)o1. The van der Waals surface area contributed by atoms with Gasteiger partial charge in [0, 0.05) is 18.5 Å². The third-order valence-electron chi connectivity index (χ3n) is 4.80. The van der Waals surface area contributed by atoms with Crippen molar-refractivity contribution in [2.45, 2.75) is 73.5 Å². The number of carbonyl (C=O) groups is 2. The quantitative estimate of drug-likeness (QED) is 0.630. The van der Waals surface area contributed by atoms with E-state index in [2.05, 4.69) is 0 Å². The molecule has 164 valence electrons. The van der Waals surface area contributed by atoms with Gasteiger partial charge in [-0.15, -0.1) is 0 Å². The number of nitrogens with zero attached hydrogens (tertiary/aromatic N) is 2. The lowest BCUT2D eigenvalue weighted by molar-refractivity contribution is -0.146. The molecule has 0 radical (unpaired) electrons. The molecule has 5 heteroatoms. The number of carbonyl (C=O) groups excluding carboxylic acids is 2. The second kappa shape index (κ2) is 9.50. The van der Waals surface area contributed by atoms with E-state index in [1.807, 2.05) is 90.9 Å². The summed E-state index contributed by atoms with van der Waals surface area (Å²) < 4.78 is 5.71. The molecule has 1 heterocycles. The van der Waals surface area contributed by atoms with Crippen LogP contribution < -0.4 is 0 Å². The second-order valence-electron chi connectivity index (χ2n) is 10.1. The highest BCUT2D eigenvalue weighted by atomic mass is 16.3. The lowest BCUT2D eigenvalue weighted by Crippen LogP contribution is -2.51. The van der Waals surface area contributed by atoms with Crippen LogP contribution >= 0.6 is 0 Å². The summed E-state index contributed by atoms with van der Waals surface area (Å²) in [6.07, 6.45) is 0.396. The number of amides is 2. The van der Waals surface area contributed by atoms with Gasteiger partial charge in [0.25, 0.3) is 0 Å². The fraction of sp³-hybridized carbons (Fsp3) is 0.520. The third kappa shape index (κ3) is 7.36. The molecule has 0 aliphatic carbocycles. The maximum atomic E-state index is 13.4. The van der Waals surface area contributed by atoms with Gasteiger partial charge in [-0.25, -0.2) is 0 Å². The summed E-state index contributed by atoms with van der Waals surface area (Å²) in [5.41, 5.74) is 0.453. The molecule has 1 aromatic carbocycles. The summed E-state index contributed by atoms with van der Waals surface area (Å²) in [5.74, 6) is 1.45. The Morgan fingerprint density at radius 3 is 2.00 bits per heavy atom. The van der Waals surface area contributed by atoms with Crippen LogP contribution in [0.5, 0.6) is 0 Å². The Kier molecular flexibility index (Phi) is 7.51. The zero-order valence-electron chi connectivity index (χ0n) is 19.5. The van der Waals surface area contributed by atoms with E-state index in [4.69, 9.17) is 4.42 Å². The van der Waals surface area contributed by atoms with Gasteiger partial charge >= 0.3 is 0 Å². The standard InChI is InChI=1S/C25H36N2O3/c1-19-13-14-21(30-19)17-26(16-20-11-9-8-10-12-20)23(29)18-27(25(5,6)7)22(28)15-24(2,3)4/h8-14H,15-18H2,1-7H3. The van der Waals surface area contributed by atoms with Crippen LogP contribution in [0.2, 0.25) is 0 Å². The molecule has 0 saturated carbocycles. The highest BCUT2D eigenvalue weighted by Gasteiger charge is 2.32. The first-order valence-corrected chi connectivity index (χ1v) is 10.5. The van der Waals surface area contributed by atoms with Gasteiger partial charge < -0.3 is 14.2 Å². The molecule has 2 rings (SSSR count). The van der Waals surface area contributed by atoms with Gasteiger partial charge in [0.15, 0.2) is 0 Å². The first-order chi connectivity index (χ1) is 13.8. The van der Waals surface area contributed by atoms with Gasteiger partial charge in [0.1, 0.15) is 18.1 Å². The van der Waals surface area contributed by atoms with E-state index in [0.29, 0.717) is 19.5 Å². The molecule has 0 bridgehead atoms. The average Bonchev–Trinajstić information content (AvgIpc) is 3.02. The Bertz CT molecular complexity index is 841. The van der Waals surface area contributed by atoms with Crippen molar-refractivity contribution < 1.29 is 14.0 Å². The maximum Gasteiger partial charge on any atom is 0.242 e. The van der Waals surface area contributed by atoms with Gasteiger partial charge in [-0.1, -0.05) is 51.1 Å². The molecule has 0 unspecified atom stereocenters. The summed E-state index contributed by atoms with van der Waals surface area (Å²) in [4.78, 5) is 29.9. The van der Waals surface area contributed by atoms with Crippen molar-refractivity contribution in [3.8, 4) is 0 Å². The van der Waals surface area contributed by atoms with Crippen LogP contribution in [0.25, 0.3) is 0 Å². The molecule has 0 saturated heterocycles. The van der Waals surface area contributed by atoms with E-state index in [0.717, 1.165) is 17.1 Å². The second-order valence-corrected chi connectivity index (χ2v) is 10.1. The van der Waals surface area contributed by atoms with Gasteiger partial charge in [-0.3, -0.25) is 9.59 Å². The molecular formula is C25H36N2O3. The number of furan rings is 1. The van der Waals surface area contributed by atoms with Crippen molar-refractivity contribution >= 4 is 11.8 Å². The lowest BCUT2D eigenvalue weighted by atomic mass is 9.90. The van der Waals surface area contributed by atoms with E-state index in [9.17, 15) is 9.59 Å². The van der Waals surface area contributed by atoms with Crippen molar-refractivity contribution in [2.24, 2.45) is 5.41 Å². The van der Waals surface area contributed by atoms with Crippen LogP contribution in [0, 0.1) is 12.3 Å². The largest absolute Gasteiger partial charge is 0.464 e. The number of benzene rings is 1. The first kappa shape index (κ1) is 23.7. The molecule has 30 heavy (non-hydrogen) atoms. The molecule has 2 aromatic rings. The Morgan fingerprint density at radius 2 is 1.50 bits per heavy atom. The Morgan fingerprint density at radius 1 is 0.867 bits per heavy atom. The monoisotopic (exact) mass is 412 g/mol. The van der Waals surface area contributed by atoms with Crippen LogP contribution in [0.1, 0.15) is 65.0 Å². The van der Waals surface area contributed by atoms with Crippen LogP contribution in [-0.4, -0.2) is 33.7 Å². The summed E-state index contributed by atoms with van der Waals surface area (Å²) in [5, 5.41) is 0. The topological polar surface area (TPSA) is 53.8 Å². The number of aryl methyl sites for hydroxylation is 1. The lowest BCUT2D eigenvalue weighted by Gasteiger charge is -2.38. The van der Waals surface area contributed by atoms with Crippen LogP contribution in [-0.2, 0) is 22.7 Å². The molecule has 0 atom stereocenters. The normalized spacial score (nSPS) is 12.0. The summed E-state index contributed by atoms with van der Waals surface area (Å²) >= 11 is 0. The van der Waals surface area contributed by atoms with Gasteiger partial charge in [0.05, 0.1) is 6.54 Å². The average molecular weight is 413 g/mol. The number of hydrogen-bond acceptors (Lipinski definition) is 3. The highest BCUT2D eigenvalue weighted by molar-refractivity contribution is 5.85. The number of hydrogen-bond donors (Lipinski definition) is 0. The van der Waals surface area contributed by atoms with E-state index in [-0.39, 0.29) is 23.8 Å². The van der Waals surface area contributed by atoms with E-state index in [1.165, 1.54) is 0 Å².